The van der Waals surface area contributed by atoms with E-state index in [0.717, 1.165) is 13.0 Å². The van der Waals surface area contributed by atoms with Crippen LogP contribution in [0.25, 0.3) is 0 Å². The maximum absolute atomic E-state index is 4.24. The maximum Gasteiger partial charge on any atom is 0.0342 e. The van der Waals surface area contributed by atoms with Crippen LogP contribution in [0.1, 0.15) is 51.3 Å². The predicted molar refractivity (Wildman–Crippen MR) is 69.5 cm³/mol. The zero-order valence-electron chi connectivity index (χ0n) is 11.2. The lowest BCUT2D eigenvalue weighted by atomic mass is 9.85. The Morgan fingerprint density at radius 2 is 2.06 bits per heavy atom. The Hall–Kier alpha value is -0.890. The Morgan fingerprint density at radius 1 is 1.38 bits per heavy atom. The fourth-order valence-electron chi connectivity index (χ4n) is 1.99. The minimum Gasteiger partial charge on any atom is -0.310 e. The van der Waals surface area contributed by atoms with Crippen LogP contribution in [0.5, 0.6) is 0 Å². The highest BCUT2D eigenvalue weighted by atomic mass is 14.9. The van der Waals surface area contributed by atoms with E-state index in [9.17, 15) is 0 Å². The minimum absolute atomic E-state index is 0.328. The first kappa shape index (κ1) is 13.2. The van der Waals surface area contributed by atoms with Crippen LogP contribution >= 0.6 is 0 Å². The molecule has 1 N–H and O–H groups in total. The Bertz CT molecular complexity index is 326. The molecule has 0 spiro atoms. The zero-order valence-corrected chi connectivity index (χ0v) is 11.2. The highest BCUT2D eigenvalue weighted by Gasteiger charge is 2.20. The highest BCUT2D eigenvalue weighted by molar-refractivity contribution is 5.25. The molecule has 1 aromatic heterocycles. The van der Waals surface area contributed by atoms with Crippen molar-refractivity contribution in [3.05, 3.63) is 29.6 Å². The summed E-state index contributed by atoms with van der Waals surface area (Å²) in [6.45, 7) is 12.1. The number of pyridine rings is 1. The van der Waals surface area contributed by atoms with Gasteiger partial charge in [-0.15, -0.1) is 0 Å². The molecule has 0 saturated carbocycles. The Balaban J connectivity index is 2.89. The molecule has 2 nitrogen and oxygen atoms in total. The van der Waals surface area contributed by atoms with Gasteiger partial charge in [-0.05, 0) is 42.5 Å². The molecule has 0 bridgehead atoms. The molecular weight excluding hydrogens is 196 g/mol. The summed E-state index contributed by atoms with van der Waals surface area (Å²) < 4.78 is 0. The van der Waals surface area contributed by atoms with E-state index >= 15 is 0 Å². The molecule has 0 fully saturated rings. The van der Waals surface area contributed by atoms with Crippen molar-refractivity contribution in [2.75, 3.05) is 6.54 Å². The number of nitrogens with zero attached hydrogens (tertiary/aromatic N) is 1. The van der Waals surface area contributed by atoms with Crippen molar-refractivity contribution in [1.82, 2.24) is 10.3 Å². The van der Waals surface area contributed by atoms with Crippen molar-refractivity contribution in [2.24, 2.45) is 5.41 Å². The third-order valence-electron chi connectivity index (χ3n) is 2.72. The largest absolute Gasteiger partial charge is 0.310 e. The standard InChI is InChI=1S/C14H24N2/c1-6-16-13(9-14(3,4)5)12-10-15-8-7-11(12)2/h7-8,10,13,16H,6,9H2,1-5H3. The van der Waals surface area contributed by atoms with E-state index < -0.39 is 0 Å². The molecule has 1 atom stereocenters. The Morgan fingerprint density at radius 3 is 2.56 bits per heavy atom. The van der Waals surface area contributed by atoms with Crippen LogP contribution in [-0.2, 0) is 0 Å². The predicted octanol–water partition coefficient (Wildman–Crippen LogP) is 3.48. The number of hydrogen-bond acceptors (Lipinski definition) is 2. The summed E-state index contributed by atoms with van der Waals surface area (Å²) >= 11 is 0. The van der Waals surface area contributed by atoms with Crippen LogP contribution < -0.4 is 5.32 Å². The second kappa shape index (κ2) is 5.44. The SMILES string of the molecule is CCNC(CC(C)(C)C)c1cnccc1C. The number of aryl methyl sites for hydroxylation is 1. The number of aromatic nitrogens is 1. The van der Waals surface area contributed by atoms with Gasteiger partial charge < -0.3 is 5.32 Å². The second-order valence-corrected chi connectivity index (χ2v) is 5.61. The van der Waals surface area contributed by atoms with Crippen molar-refractivity contribution < 1.29 is 0 Å². The van der Waals surface area contributed by atoms with Gasteiger partial charge in [-0.2, -0.15) is 0 Å². The van der Waals surface area contributed by atoms with Gasteiger partial charge in [0.05, 0.1) is 0 Å². The van der Waals surface area contributed by atoms with E-state index in [-0.39, 0.29) is 0 Å². The van der Waals surface area contributed by atoms with Gasteiger partial charge in [-0.1, -0.05) is 27.7 Å². The molecular formula is C14H24N2. The summed E-state index contributed by atoms with van der Waals surface area (Å²) in [5, 5.41) is 3.56. The van der Waals surface area contributed by atoms with Crippen molar-refractivity contribution in [2.45, 2.75) is 47.1 Å². The molecule has 2 heteroatoms. The van der Waals surface area contributed by atoms with Gasteiger partial charge in [0, 0.05) is 18.4 Å². The molecule has 1 unspecified atom stereocenters. The molecule has 1 heterocycles. The second-order valence-electron chi connectivity index (χ2n) is 5.61. The molecule has 0 aliphatic heterocycles. The first-order valence-electron chi connectivity index (χ1n) is 6.08. The van der Waals surface area contributed by atoms with E-state index in [0.29, 0.717) is 11.5 Å². The zero-order chi connectivity index (χ0) is 12.2. The van der Waals surface area contributed by atoms with E-state index in [4.69, 9.17) is 0 Å². The van der Waals surface area contributed by atoms with E-state index in [1.165, 1.54) is 11.1 Å². The van der Waals surface area contributed by atoms with Crippen LogP contribution in [0, 0.1) is 12.3 Å². The van der Waals surface area contributed by atoms with Crippen LogP contribution in [0.15, 0.2) is 18.5 Å². The third kappa shape index (κ3) is 3.93. The van der Waals surface area contributed by atoms with E-state index in [1.54, 1.807) is 0 Å². The lowest BCUT2D eigenvalue weighted by Gasteiger charge is -2.27. The molecule has 0 aromatic carbocycles. The van der Waals surface area contributed by atoms with Gasteiger partial charge in [-0.25, -0.2) is 0 Å². The summed E-state index contributed by atoms with van der Waals surface area (Å²) in [5.74, 6) is 0. The summed E-state index contributed by atoms with van der Waals surface area (Å²) in [6, 6.07) is 2.50. The molecule has 1 aromatic rings. The maximum atomic E-state index is 4.24. The fraction of sp³-hybridized carbons (Fsp3) is 0.643. The molecule has 0 radical (unpaired) electrons. The lowest BCUT2D eigenvalue weighted by molar-refractivity contribution is 0.313. The van der Waals surface area contributed by atoms with Gasteiger partial charge in [0.2, 0.25) is 0 Å². The van der Waals surface area contributed by atoms with Crippen LogP contribution in [0.2, 0.25) is 0 Å². The third-order valence-corrected chi connectivity index (χ3v) is 2.72. The van der Waals surface area contributed by atoms with E-state index in [2.05, 4.69) is 51.0 Å². The first-order valence-corrected chi connectivity index (χ1v) is 6.08. The molecule has 0 aliphatic rings. The molecule has 90 valence electrons. The molecule has 0 aliphatic carbocycles. The average Bonchev–Trinajstić information content (AvgIpc) is 2.16. The normalized spacial score (nSPS) is 13.8. The smallest absolute Gasteiger partial charge is 0.0342 e. The Labute approximate surface area is 99.5 Å². The lowest BCUT2D eigenvalue weighted by Crippen LogP contribution is -2.26. The number of hydrogen-bond donors (Lipinski definition) is 1. The summed E-state index contributed by atoms with van der Waals surface area (Å²) in [4.78, 5) is 4.24. The van der Waals surface area contributed by atoms with Crippen molar-refractivity contribution in [1.29, 1.82) is 0 Å². The van der Waals surface area contributed by atoms with Gasteiger partial charge >= 0.3 is 0 Å². The van der Waals surface area contributed by atoms with Gasteiger partial charge in [0.25, 0.3) is 0 Å². The number of nitrogens with one attached hydrogen (secondary N) is 1. The molecule has 0 amide bonds. The summed E-state index contributed by atoms with van der Waals surface area (Å²) in [7, 11) is 0. The molecule has 0 saturated heterocycles. The topological polar surface area (TPSA) is 24.9 Å². The van der Waals surface area contributed by atoms with Crippen molar-refractivity contribution in [3.8, 4) is 0 Å². The average molecular weight is 220 g/mol. The summed E-state index contributed by atoms with van der Waals surface area (Å²) in [5.41, 5.74) is 2.99. The van der Waals surface area contributed by atoms with E-state index in [1.807, 2.05) is 12.4 Å². The van der Waals surface area contributed by atoms with Crippen LogP contribution in [0.3, 0.4) is 0 Å². The van der Waals surface area contributed by atoms with Crippen LogP contribution in [-0.4, -0.2) is 11.5 Å². The molecule has 1 rings (SSSR count). The van der Waals surface area contributed by atoms with Crippen LogP contribution in [0.4, 0.5) is 0 Å². The minimum atomic E-state index is 0.328. The van der Waals surface area contributed by atoms with Crippen molar-refractivity contribution in [3.63, 3.8) is 0 Å². The van der Waals surface area contributed by atoms with Gasteiger partial charge in [0.15, 0.2) is 0 Å². The highest BCUT2D eigenvalue weighted by Crippen LogP contribution is 2.30. The number of rotatable bonds is 4. The molecule has 16 heavy (non-hydrogen) atoms. The van der Waals surface area contributed by atoms with Crippen molar-refractivity contribution >= 4 is 0 Å². The quantitative estimate of drug-likeness (QED) is 0.840. The Kier molecular flexibility index (Phi) is 4.48. The summed E-state index contributed by atoms with van der Waals surface area (Å²) in [6.07, 6.45) is 4.99. The fourth-order valence-corrected chi connectivity index (χ4v) is 1.99. The van der Waals surface area contributed by atoms with Gasteiger partial charge in [-0.3, -0.25) is 4.98 Å². The monoisotopic (exact) mass is 220 g/mol. The first-order chi connectivity index (χ1) is 7.44. The van der Waals surface area contributed by atoms with Gasteiger partial charge in [0.1, 0.15) is 0 Å².